The number of nitrogens with zero attached hydrogens (tertiary/aromatic N) is 4. The largest absolute Gasteiger partial charge is 0.301 e. The fourth-order valence-electron chi connectivity index (χ4n) is 1.03. The van der Waals surface area contributed by atoms with Crippen molar-refractivity contribution in [3.8, 4) is 0 Å². The Morgan fingerprint density at radius 3 is 1.35 bits per heavy atom. The smallest absolute Gasteiger partial charge is 0.0487 e. The van der Waals surface area contributed by atoms with Gasteiger partial charge in [-0.1, -0.05) is 55.4 Å². The maximum absolute atomic E-state index is 4.00. The van der Waals surface area contributed by atoms with Crippen molar-refractivity contribution in [2.45, 2.75) is 75.3 Å². The molecule has 0 radical (unpaired) electrons. The van der Waals surface area contributed by atoms with Gasteiger partial charge in [0.05, 0.1) is 0 Å². The van der Waals surface area contributed by atoms with Gasteiger partial charge in [-0.2, -0.15) is 0 Å². The summed E-state index contributed by atoms with van der Waals surface area (Å²) in [5.74, 6) is 2.53. The highest BCUT2D eigenvalue weighted by Crippen LogP contribution is 2.02. The van der Waals surface area contributed by atoms with Crippen LogP contribution in [0.2, 0.25) is 0 Å². The maximum Gasteiger partial charge on any atom is 0.0487 e. The maximum atomic E-state index is 4.00. The summed E-state index contributed by atoms with van der Waals surface area (Å²) in [6.45, 7) is 28.8. The van der Waals surface area contributed by atoms with E-state index in [1.807, 2.05) is 20.2 Å². The van der Waals surface area contributed by atoms with E-state index in [9.17, 15) is 0 Å². The van der Waals surface area contributed by atoms with Gasteiger partial charge in [-0.05, 0) is 51.0 Å². The second-order valence-corrected chi connectivity index (χ2v) is 7.64. The summed E-state index contributed by atoms with van der Waals surface area (Å²) in [4.78, 5) is 15.3. The first-order valence-electron chi connectivity index (χ1n) is 9.64. The summed E-state index contributed by atoms with van der Waals surface area (Å²) in [5, 5.41) is 0. The molecule has 156 valence electrons. The van der Waals surface area contributed by atoms with Crippen LogP contribution >= 0.6 is 0 Å². The molecule has 0 aliphatic carbocycles. The third kappa shape index (κ3) is 38.3. The first kappa shape index (κ1) is 32.4. The van der Waals surface area contributed by atoms with Crippen molar-refractivity contribution < 1.29 is 0 Å². The van der Waals surface area contributed by atoms with Crippen molar-refractivity contribution in [2.75, 3.05) is 20.6 Å². The van der Waals surface area contributed by atoms with Crippen molar-refractivity contribution in [1.82, 2.24) is 0 Å². The molecule has 0 saturated heterocycles. The Morgan fingerprint density at radius 2 is 1.35 bits per heavy atom. The zero-order chi connectivity index (χ0) is 21.7. The first-order valence-corrected chi connectivity index (χ1v) is 9.64. The highest BCUT2D eigenvalue weighted by Gasteiger charge is 1.99. The molecule has 0 spiro atoms. The van der Waals surface area contributed by atoms with Gasteiger partial charge in [0.15, 0.2) is 0 Å². The van der Waals surface area contributed by atoms with E-state index in [2.05, 4.69) is 95.7 Å². The van der Waals surface area contributed by atoms with Gasteiger partial charge in [-0.3, -0.25) is 9.98 Å². The van der Waals surface area contributed by atoms with Crippen molar-refractivity contribution in [1.29, 1.82) is 0 Å². The lowest BCUT2D eigenvalue weighted by atomic mass is 10.1. The van der Waals surface area contributed by atoms with Crippen LogP contribution in [-0.2, 0) is 0 Å². The molecule has 0 saturated carbocycles. The summed E-state index contributed by atoms with van der Waals surface area (Å²) in [6.07, 6.45) is 1.92. The predicted octanol–water partition coefficient (Wildman–Crippen LogP) is 6.15. The highest BCUT2D eigenvalue weighted by molar-refractivity contribution is 5.83. The van der Waals surface area contributed by atoms with E-state index in [-0.39, 0.29) is 0 Å². The van der Waals surface area contributed by atoms with E-state index in [4.69, 9.17) is 0 Å². The fourth-order valence-corrected chi connectivity index (χ4v) is 1.03. The topological polar surface area (TPSA) is 49.4 Å². The second kappa shape index (κ2) is 23.7. The number of hydrogen-bond donors (Lipinski definition) is 0. The van der Waals surface area contributed by atoms with Crippen LogP contribution < -0.4 is 0 Å². The minimum atomic E-state index is 0.417. The van der Waals surface area contributed by atoms with E-state index in [0.29, 0.717) is 29.7 Å². The van der Waals surface area contributed by atoms with Crippen molar-refractivity contribution >= 4 is 25.4 Å². The van der Waals surface area contributed by atoms with Crippen LogP contribution in [0.25, 0.3) is 0 Å². The molecule has 0 aliphatic rings. The van der Waals surface area contributed by atoms with E-state index in [1.165, 1.54) is 5.71 Å². The Hall–Kier alpha value is -1.32. The van der Waals surface area contributed by atoms with Crippen LogP contribution in [0.1, 0.15) is 69.2 Å². The average Bonchev–Trinajstić information content (AvgIpc) is 2.54. The Bertz CT molecular complexity index is 353. The third-order valence-corrected chi connectivity index (χ3v) is 3.38. The van der Waals surface area contributed by atoms with Crippen LogP contribution in [0.4, 0.5) is 0 Å². The molecule has 0 aliphatic heterocycles. The predicted molar refractivity (Wildman–Crippen MR) is 126 cm³/mol. The first-order chi connectivity index (χ1) is 11.9. The Morgan fingerprint density at radius 1 is 0.885 bits per heavy atom. The molecule has 0 aromatic rings. The molecule has 0 amide bonds. The lowest BCUT2D eigenvalue weighted by Gasteiger charge is -2.06. The Balaban J connectivity index is -0.000000124. The molecule has 0 aromatic carbocycles. The molecular weight excluding hydrogens is 320 g/mol. The van der Waals surface area contributed by atoms with Gasteiger partial charge in [0.2, 0.25) is 0 Å². The molecule has 0 rings (SSSR count). The van der Waals surface area contributed by atoms with Gasteiger partial charge < -0.3 is 9.98 Å². The van der Waals surface area contributed by atoms with Gasteiger partial charge in [-0.25, -0.2) is 0 Å². The third-order valence-electron chi connectivity index (χ3n) is 3.38. The summed E-state index contributed by atoms with van der Waals surface area (Å²) in [7, 11) is 3.62. The lowest BCUT2D eigenvalue weighted by Crippen LogP contribution is -2.05. The lowest BCUT2D eigenvalue weighted by molar-refractivity contribution is 0.534. The Kier molecular flexibility index (Phi) is 29.5. The summed E-state index contributed by atoms with van der Waals surface area (Å²) in [6, 6.07) is 0.417. The quantitative estimate of drug-likeness (QED) is 0.505. The molecule has 4 heteroatoms. The van der Waals surface area contributed by atoms with Crippen LogP contribution in [-0.4, -0.2) is 52.0 Å². The van der Waals surface area contributed by atoms with Crippen LogP contribution in [0.5, 0.6) is 0 Å². The van der Waals surface area contributed by atoms with Gasteiger partial charge >= 0.3 is 0 Å². The molecule has 0 N–H and O–H groups in total. The molecular formula is C22H48N4. The highest BCUT2D eigenvalue weighted by atomic mass is 14.7. The zero-order valence-corrected chi connectivity index (χ0v) is 19.9. The van der Waals surface area contributed by atoms with Gasteiger partial charge in [0.25, 0.3) is 0 Å². The number of hydrogen-bond acceptors (Lipinski definition) is 4. The standard InChI is InChI=1S/2C6H13N.2C5H11N/c2*1-5(2)6(3)7-4;2*1-5(2)4-6-3/h5H,1-4H3;5-6H,4H2,1-3H3;4-5H,1-3H3;5H,3-4H2,1-2H3. The number of aliphatic imine (C=N–C) groups is 4. The van der Waals surface area contributed by atoms with E-state index >= 15 is 0 Å². The number of rotatable bonds is 6. The van der Waals surface area contributed by atoms with Crippen molar-refractivity contribution in [2.24, 2.45) is 43.6 Å². The SMILES string of the molecule is C=NC(C)C(C)C.C=NCC(C)C.CN=C(C)C(C)C.CN=CC(C)C. The molecule has 0 bridgehead atoms. The average molecular weight is 369 g/mol. The summed E-state index contributed by atoms with van der Waals surface area (Å²) >= 11 is 0. The van der Waals surface area contributed by atoms with Crippen molar-refractivity contribution in [3.05, 3.63) is 0 Å². The molecule has 4 nitrogen and oxygen atoms in total. The molecule has 0 heterocycles. The monoisotopic (exact) mass is 368 g/mol. The van der Waals surface area contributed by atoms with Gasteiger partial charge in [-0.15, -0.1) is 0 Å². The van der Waals surface area contributed by atoms with E-state index in [0.717, 1.165) is 6.54 Å². The van der Waals surface area contributed by atoms with Crippen LogP contribution in [0.15, 0.2) is 20.0 Å². The van der Waals surface area contributed by atoms with Gasteiger partial charge in [0.1, 0.15) is 0 Å². The minimum absolute atomic E-state index is 0.417. The molecule has 26 heavy (non-hydrogen) atoms. The zero-order valence-electron chi connectivity index (χ0n) is 19.9. The molecule has 0 fully saturated rings. The molecule has 0 aromatic heterocycles. The van der Waals surface area contributed by atoms with Gasteiger partial charge in [0, 0.05) is 38.6 Å². The fraction of sp³-hybridized carbons (Fsp3) is 0.818. The summed E-state index contributed by atoms with van der Waals surface area (Å²) < 4.78 is 0. The molecule has 1 atom stereocenters. The minimum Gasteiger partial charge on any atom is -0.301 e. The summed E-state index contributed by atoms with van der Waals surface area (Å²) in [5.41, 5.74) is 1.22. The van der Waals surface area contributed by atoms with E-state index in [1.54, 1.807) is 7.05 Å². The van der Waals surface area contributed by atoms with E-state index < -0.39 is 0 Å². The Labute approximate surface area is 165 Å². The second-order valence-electron chi connectivity index (χ2n) is 7.64. The molecule has 1 unspecified atom stereocenters. The van der Waals surface area contributed by atoms with Crippen LogP contribution in [0, 0.1) is 23.7 Å². The van der Waals surface area contributed by atoms with Crippen molar-refractivity contribution in [3.63, 3.8) is 0 Å². The normalized spacial score (nSPS) is 12.1. The van der Waals surface area contributed by atoms with Crippen LogP contribution in [0.3, 0.4) is 0 Å².